The van der Waals surface area contributed by atoms with Crippen LogP contribution in [0, 0.1) is 19.7 Å². The SMILES string of the molecule is CCN(c1cc(Cl)cc(C(=O)NCc2c(C(C)C)c(F)c(C)[nH]c2=O)c1C)C1CCN(C)CC1. The van der Waals surface area contributed by atoms with E-state index in [1.165, 1.54) is 6.92 Å². The number of hydrogen-bond donors (Lipinski definition) is 2. The lowest BCUT2D eigenvalue weighted by Gasteiger charge is -2.39. The molecule has 0 radical (unpaired) electrons. The summed E-state index contributed by atoms with van der Waals surface area (Å²) in [6.07, 6.45) is 2.11. The van der Waals surface area contributed by atoms with E-state index in [2.05, 4.69) is 34.1 Å². The molecule has 0 unspecified atom stereocenters. The van der Waals surface area contributed by atoms with Crippen molar-refractivity contribution in [3.05, 3.63) is 61.3 Å². The minimum atomic E-state index is -0.434. The Balaban J connectivity index is 1.89. The first-order valence-electron chi connectivity index (χ1n) is 12.0. The van der Waals surface area contributed by atoms with E-state index in [-0.39, 0.29) is 35.2 Å². The van der Waals surface area contributed by atoms with Gasteiger partial charge in [-0.05, 0) is 77.4 Å². The molecule has 2 heterocycles. The van der Waals surface area contributed by atoms with Gasteiger partial charge in [-0.2, -0.15) is 0 Å². The summed E-state index contributed by atoms with van der Waals surface area (Å²) in [4.78, 5) is 33.0. The van der Waals surface area contributed by atoms with Crippen molar-refractivity contribution in [2.45, 2.75) is 66.0 Å². The van der Waals surface area contributed by atoms with Gasteiger partial charge < -0.3 is 20.1 Å². The maximum atomic E-state index is 14.7. The average Bonchev–Trinajstić information content (AvgIpc) is 2.78. The number of benzene rings is 1. The first kappa shape index (κ1) is 26.2. The molecule has 0 atom stereocenters. The fraction of sp³-hybridized carbons (Fsp3) is 0.538. The fourth-order valence-electron chi connectivity index (χ4n) is 4.93. The average molecular weight is 491 g/mol. The number of halogens is 2. The number of amides is 1. The van der Waals surface area contributed by atoms with Crippen LogP contribution in [0.2, 0.25) is 5.02 Å². The van der Waals surface area contributed by atoms with Gasteiger partial charge in [0.15, 0.2) is 0 Å². The molecule has 6 nitrogen and oxygen atoms in total. The van der Waals surface area contributed by atoms with Gasteiger partial charge in [0, 0.05) is 46.5 Å². The largest absolute Gasteiger partial charge is 0.368 e. The highest BCUT2D eigenvalue weighted by Gasteiger charge is 2.26. The summed E-state index contributed by atoms with van der Waals surface area (Å²) < 4.78 is 14.7. The third-order valence-corrected chi connectivity index (χ3v) is 7.06. The van der Waals surface area contributed by atoms with Crippen molar-refractivity contribution in [2.24, 2.45) is 0 Å². The molecular formula is C26H36ClFN4O2. The zero-order valence-corrected chi connectivity index (χ0v) is 21.8. The number of aryl methyl sites for hydroxylation is 1. The Morgan fingerprint density at radius 3 is 2.53 bits per heavy atom. The third-order valence-electron chi connectivity index (χ3n) is 6.84. The highest BCUT2D eigenvalue weighted by molar-refractivity contribution is 6.31. The quantitative estimate of drug-likeness (QED) is 0.587. The second kappa shape index (κ2) is 10.9. The molecule has 1 aliphatic rings. The first-order valence-corrected chi connectivity index (χ1v) is 12.4. The van der Waals surface area contributed by atoms with Crippen molar-refractivity contribution in [3.63, 3.8) is 0 Å². The van der Waals surface area contributed by atoms with Gasteiger partial charge in [0.25, 0.3) is 11.5 Å². The lowest BCUT2D eigenvalue weighted by Crippen LogP contribution is -2.44. The van der Waals surface area contributed by atoms with Crippen molar-refractivity contribution in [1.82, 2.24) is 15.2 Å². The van der Waals surface area contributed by atoms with Crippen LogP contribution in [0.5, 0.6) is 0 Å². The van der Waals surface area contributed by atoms with E-state index < -0.39 is 5.82 Å². The molecule has 1 amide bonds. The zero-order valence-electron chi connectivity index (χ0n) is 21.0. The molecule has 1 aromatic carbocycles. The summed E-state index contributed by atoms with van der Waals surface area (Å²) in [5, 5.41) is 3.31. The van der Waals surface area contributed by atoms with E-state index in [0.717, 1.165) is 43.7 Å². The summed E-state index contributed by atoms with van der Waals surface area (Å²) >= 11 is 6.46. The Morgan fingerprint density at radius 2 is 1.94 bits per heavy atom. The Morgan fingerprint density at radius 1 is 1.29 bits per heavy atom. The number of H-pyrrole nitrogens is 1. The van der Waals surface area contributed by atoms with E-state index >= 15 is 0 Å². The topological polar surface area (TPSA) is 68.4 Å². The Labute approximate surface area is 206 Å². The minimum absolute atomic E-state index is 0.0629. The number of aromatic amines is 1. The Bertz CT molecular complexity index is 1110. The third kappa shape index (κ3) is 5.47. The number of nitrogens with zero attached hydrogens (tertiary/aromatic N) is 2. The van der Waals surface area contributed by atoms with Crippen molar-refractivity contribution in [1.29, 1.82) is 0 Å². The number of likely N-dealkylation sites (tertiary alicyclic amines) is 1. The number of aromatic nitrogens is 1. The molecule has 1 saturated heterocycles. The number of hydrogen-bond acceptors (Lipinski definition) is 4. The normalized spacial score (nSPS) is 15.1. The number of piperidine rings is 1. The van der Waals surface area contributed by atoms with Gasteiger partial charge >= 0.3 is 0 Å². The summed E-state index contributed by atoms with van der Waals surface area (Å²) in [5.74, 6) is -0.965. The maximum absolute atomic E-state index is 14.7. The lowest BCUT2D eigenvalue weighted by molar-refractivity contribution is 0.0950. The zero-order chi connectivity index (χ0) is 25.2. The van der Waals surface area contributed by atoms with E-state index in [1.54, 1.807) is 6.07 Å². The predicted molar refractivity (Wildman–Crippen MR) is 137 cm³/mol. The first-order chi connectivity index (χ1) is 16.0. The standard InChI is InChI=1S/C26H36ClFN4O2/c1-7-32(19-8-10-31(6)11-9-19)22-13-18(27)12-20(16(22)4)25(33)29-14-21-23(15(2)3)24(28)17(5)30-26(21)34/h12-13,15,19H,7-11,14H2,1-6H3,(H,29,33)(H,30,34). The molecule has 0 aliphatic carbocycles. The number of carbonyl (C=O) groups is 1. The van der Waals surface area contributed by atoms with E-state index in [0.29, 0.717) is 22.2 Å². The molecule has 0 spiro atoms. The number of pyridine rings is 1. The van der Waals surface area contributed by atoms with Crippen LogP contribution in [0.3, 0.4) is 0 Å². The van der Waals surface area contributed by atoms with Crippen LogP contribution in [-0.2, 0) is 6.54 Å². The van der Waals surface area contributed by atoms with E-state index in [4.69, 9.17) is 11.6 Å². The van der Waals surface area contributed by atoms with Crippen molar-refractivity contribution in [3.8, 4) is 0 Å². The Kier molecular flexibility index (Phi) is 8.42. The monoisotopic (exact) mass is 490 g/mol. The van der Waals surface area contributed by atoms with Gasteiger partial charge in [-0.25, -0.2) is 4.39 Å². The van der Waals surface area contributed by atoms with Gasteiger partial charge in [-0.3, -0.25) is 9.59 Å². The second-order valence-electron chi connectivity index (χ2n) is 9.54. The van der Waals surface area contributed by atoms with Crippen molar-refractivity contribution >= 4 is 23.2 Å². The summed E-state index contributed by atoms with van der Waals surface area (Å²) in [6, 6.07) is 3.96. The van der Waals surface area contributed by atoms with Crippen molar-refractivity contribution in [2.75, 3.05) is 31.6 Å². The molecule has 1 aromatic heterocycles. The molecule has 3 rings (SSSR count). The van der Waals surface area contributed by atoms with Gasteiger partial charge in [0.1, 0.15) is 5.82 Å². The summed E-state index contributed by atoms with van der Waals surface area (Å²) in [5.41, 5.74) is 2.66. The van der Waals surface area contributed by atoms with Crippen LogP contribution >= 0.6 is 11.6 Å². The number of anilines is 1. The number of nitrogens with one attached hydrogen (secondary N) is 2. The molecule has 1 aliphatic heterocycles. The van der Waals surface area contributed by atoms with Gasteiger partial charge in [-0.15, -0.1) is 0 Å². The van der Waals surface area contributed by atoms with Gasteiger partial charge in [-0.1, -0.05) is 25.4 Å². The molecule has 2 aromatic rings. The maximum Gasteiger partial charge on any atom is 0.253 e. The van der Waals surface area contributed by atoms with Crippen molar-refractivity contribution < 1.29 is 9.18 Å². The molecule has 2 N–H and O–H groups in total. The smallest absolute Gasteiger partial charge is 0.253 e. The molecule has 186 valence electrons. The number of rotatable bonds is 7. The Hall–Kier alpha value is -2.38. The molecule has 8 heteroatoms. The van der Waals surface area contributed by atoms with E-state index in [1.807, 2.05) is 26.8 Å². The highest BCUT2D eigenvalue weighted by atomic mass is 35.5. The minimum Gasteiger partial charge on any atom is -0.368 e. The van der Waals surface area contributed by atoms with Gasteiger partial charge in [0.05, 0.1) is 5.69 Å². The molecule has 34 heavy (non-hydrogen) atoms. The molecule has 0 saturated carbocycles. The van der Waals surface area contributed by atoms with Crippen LogP contribution in [0.25, 0.3) is 0 Å². The highest BCUT2D eigenvalue weighted by Crippen LogP contribution is 2.32. The molecular weight excluding hydrogens is 455 g/mol. The van der Waals surface area contributed by atoms with Crippen LogP contribution in [0.1, 0.15) is 72.3 Å². The van der Waals surface area contributed by atoms with Crippen LogP contribution in [-0.4, -0.2) is 48.5 Å². The summed E-state index contributed by atoms with van der Waals surface area (Å²) in [6.45, 7) is 12.1. The van der Waals surface area contributed by atoms with Crippen LogP contribution < -0.4 is 15.8 Å². The number of carbonyl (C=O) groups excluding carboxylic acids is 1. The second-order valence-corrected chi connectivity index (χ2v) is 9.98. The van der Waals surface area contributed by atoms with Crippen LogP contribution in [0.4, 0.5) is 10.1 Å². The van der Waals surface area contributed by atoms with Gasteiger partial charge in [0.2, 0.25) is 0 Å². The lowest BCUT2D eigenvalue weighted by atomic mass is 9.96. The fourth-order valence-corrected chi connectivity index (χ4v) is 5.14. The van der Waals surface area contributed by atoms with Crippen LogP contribution in [0.15, 0.2) is 16.9 Å². The van der Waals surface area contributed by atoms with E-state index in [9.17, 15) is 14.0 Å². The predicted octanol–water partition coefficient (Wildman–Crippen LogP) is 4.76. The summed E-state index contributed by atoms with van der Waals surface area (Å²) in [7, 11) is 2.13. The molecule has 1 fully saturated rings. The molecule has 0 bridgehead atoms.